The zero-order valence-corrected chi connectivity index (χ0v) is 11.0. The van der Waals surface area contributed by atoms with Gasteiger partial charge in [0.05, 0.1) is 18.4 Å². The van der Waals surface area contributed by atoms with Crippen LogP contribution in [0.3, 0.4) is 0 Å². The van der Waals surface area contributed by atoms with E-state index >= 15 is 0 Å². The number of ether oxygens (including phenoxy) is 1. The van der Waals surface area contributed by atoms with Crippen LogP contribution in [0.2, 0.25) is 0 Å². The van der Waals surface area contributed by atoms with E-state index in [9.17, 15) is 9.59 Å². The maximum absolute atomic E-state index is 12.1. The predicted molar refractivity (Wildman–Crippen MR) is 66.0 cm³/mol. The molecule has 0 aliphatic heterocycles. The summed E-state index contributed by atoms with van der Waals surface area (Å²) in [6, 6.07) is 0. The molecule has 0 unspecified atom stereocenters. The van der Waals surface area contributed by atoms with Gasteiger partial charge in [-0.2, -0.15) is 5.10 Å². The number of H-pyrrole nitrogens is 1. The van der Waals surface area contributed by atoms with Crippen LogP contribution in [-0.4, -0.2) is 46.7 Å². The van der Waals surface area contributed by atoms with E-state index in [4.69, 9.17) is 4.74 Å². The van der Waals surface area contributed by atoms with Crippen LogP contribution in [-0.2, 0) is 9.53 Å². The third-order valence-corrected chi connectivity index (χ3v) is 2.24. The highest BCUT2D eigenvalue weighted by molar-refractivity contribution is 5.95. The standard InChI is InChI=1S/C12H19N3O3/c1-4-18-11(16)8-15(7-9(2)3)12(17)10-5-13-14-6-10/h5-6,9H,4,7-8H2,1-3H3,(H,13,14). The number of carbonyl (C=O) groups is 2. The highest BCUT2D eigenvalue weighted by atomic mass is 16.5. The Bertz CT molecular complexity index is 387. The summed E-state index contributed by atoms with van der Waals surface area (Å²) in [5, 5.41) is 6.32. The van der Waals surface area contributed by atoms with Crippen molar-refractivity contribution in [2.75, 3.05) is 19.7 Å². The lowest BCUT2D eigenvalue weighted by Crippen LogP contribution is -2.38. The molecule has 100 valence electrons. The number of hydrogen-bond donors (Lipinski definition) is 1. The summed E-state index contributed by atoms with van der Waals surface area (Å²) >= 11 is 0. The van der Waals surface area contributed by atoms with Crippen LogP contribution in [0.4, 0.5) is 0 Å². The molecule has 0 radical (unpaired) electrons. The van der Waals surface area contributed by atoms with E-state index in [0.717, 1.165) is 0 Å². The molecule has 0 aliphatic rings. The molecule has 1 amide bonds. The summed E-state index contributed by atoms with van der Waals surface area (Å²) in [7, 11) is 0. The average Bonchev–Trinajstić information content (AvgIpc) is 2.80. The highest BCUT2D eigenvalue weighted by Crippen LogP contribution is 2.06. The summed E-state index contributed by atoms with van der Waals surface area (Å²) in [4.78, 5) is 25.1. The molecule has 1 N–H and O–H groups in total. The monoisotopic (exact) mass is 253 g/mol. The molecule has 0 saturated carbocycles. The first-order valence-electron chi connectivity index (χ1n) is 5.98. The van der Waals surface area contributed by atoms with Crippen LogP contribution < -0.4 is 0 Å². The Hall–Kier alpha value is -1.85. The Morgan fingerprint density at radius 3 is 2.72 bits per heavy atom. The summed E-state index contributed by atoms with van der Waals surface area (Å²) in [6.07, 6.45) is 2.96. The van der Waals surface area contributed by atoms with Gasteiger partial charge in [-0.3, -0.25) is 14.7 Å². The molecule has 1 rings (SSSR count). The molecule has 6 heteroatoms. The van der Waals surface area contributed by atoms with E-state index < -0.39 is 5.97 Å². The second-order valence-electron chi connectivity index (χ2n) is 4.37. The van der Waals surface area contributed by atoms with Gasteiger partial charge in [-0.15, -0.1) is 0 Å². The molecule has 0 aromatic carbocycles. The highest BCUT2D eigenvalue weighted by Gasteiger charge is 2.20. The van der Waals surface area contributed by atoms with E-state index in [0.29, 0.717) is 18.7 Å². The van der Waals surface area contributed by atoms with Gasteiger partial charge in [0.2, 0.25) is 0 Å². The van der Waals surface area contributed by atoms with Crippen molar-refractivity contribution < 1.29 is 14.3 Å². The van der Waals surface area contributed by atoms with Gasteiger partial charge in [-0.25, -0.2) is 0 Å². The number of rotatable bonds is 6. The maximum atomic E-state index is 12.1. The third kappa shape index (κ3) is 4.20. The first-order chi connectivity index (χ1) is 8.54. The van der Waals surface area contributed by atoms with Gasteiger partial charge in [0.1, 0.15) is 6.54 Å². The van der Waals surface area contributed by atoms with E-state index in [1.165, 1.54) is 17.3 Å². The van der Waals surface area contributed by atoms with Gasteiger partial charge in [0.15, 0.2) is 0 Å². The second kappa shape index (κ2) is 6.78. The summed E-state index contributed by atoms with van der Waals surface area (Å²) in [5.41, 5.74) is 0.444. The maximum Gasteiger partial charge on any atom is 0.325 e. The van der Waals surface area contributed by atoms with E-state index in [1.807, 2.05) is 13.8 Å². The minimum Gasteiger partial charge on any atom is -0.465 e. The number of aromatic nitrogens is 2. The van der Waals surface area contributed by atoms with Gasteiger partial charge >= 0.3 is 5.97 Å². The molecule has 0 spiro atoms. The Morgan fingerprint density at radius 2 is 2.22 bits per heavy atom. The Balaban J connectivity index is 2.71. The molecule has 6 nitrogen and oxygen atoms in total. The zero-order chi connectivity index (χ0) is 13.5. The Morgan fingerprint density at radius 1 is 1.50 bits per heavy atom. The number of nitrogens with zero attached hydrogens (tertiary/aromatic N) is 2. The van der Waals surface area contributed by atoms with Gasteiger partial charge in [0.25, 0.3) is 5.91 Å². The van der Waals surface area contributed by atoms with Crippen molar-refractivity contribution in [3.63, 3.8) is 0 Å². The molecule has 0 atom stereocenters. The third-order valence-electron chi connectivity index (χ3n) is 2.24. The molecule has 1 aromatic rings. The first kappa shape index (κ1) is 14.2. The minimum atomic E-state index is -0.394. The van der Waals surface area contributed by atoms with Crippen molar-refractivity contribution in [2.24, 2.45) is 5.92 Å². The van der Waals surface area contributed by atoms with Crippen molar-refractivity contribution >= 4 is 11.9 Å². The van der Waals surface area contributed by atoms with Crippen molar-refractivity contribution in [3.05, 3.63) is 18.0 Å². The molecule has 0 bridgehead atoms. The number of hydrogen-bond acceptors (Lipinski definition) is 4. The minimum absolute atomic E-state index is 0.0317. The fraction of sp³-hybridized carbons (Fsp3) is 0.583. The van der Waals surface area contributed by atoms with Crippen LogP contribution in [0, 0.1) is 5.92 Å². The Kier molecular flexibility index (Phi) is 5.35. The number of esters is 1. The second-order valence-corrected chi connectivity index (χ2v) is 4.37. The number of amides is 1. The van der Waals surface area contributed by atoms with E-state index in [2.05, 4.69) is 10.2 Å². The largest absolute Gasteiger partial charge is 0.465 e. The summed E-state index contributed by atoms with van der Waals surface area (Å²) in [6.45, 7) is 6.50. The topological polar surface area (TPSA) is 75.3 Å². The average molecular weight is 253 g/mol. The van der Waals surface area contributed by atoms with Crippen molar-refractivity contribution in [3.8, 4) is 0 Å². The molecule has 18 heavy (non-hydrogen) atoms. The molecule has 0 aliphatic carbocycles. The van der Waals surface area contributed by atoms with Crippen LogP contribution in [0.5, 0.6) is 0 Å². The molecule has 0 fully saturated rings. The molecule has 1 heterocycles. The molecule has 0 saturated heterocycles. The lowest BCUT2D eigenvalue weighted by atomic mass is 10.2. The Labute approximate surface area is 106 Å². The van der Waals surface area contributed by atoms with Crippen LogP contribution >= 0.6 is 0 Å². The van der Waals surface area contributed by atoms with Gasteiger partial charge in [-0.05, 0) is 12.8 Å². The van der Waals surface area contributed by atoms with E-state index in [1.54, 1.807) is 6.92 Å². The van der Waals surface area contributed by atoms with Crippen LogP contribution in [0.1, 0.15) is 31.1 Å². The lowest BCUT2D eigenvalue weighted by Gasteiger charge is -2.22. The zero-order valence-electron chi connectivity index (χ0n) is 11.0. The number of carbonyl (C=O) groups excluding carboxylic acids is 2. The fourth-order valence-electron chi connectivity index (χ4n) is 1.57. The molecular formula is C12H19N3O3. The van der Waals surface area contributed by atoms with Crippen LogP contribution in [0.25, 0.3) is 0 Å². The quantitative estimate of drug-likeness (QED) is 0.769. The smallest absolute Gasteiger partial charge is 0.325 e. The summed E-state index contributed by atoms with van der Waals surface area (Å²) < 4.78 is 4.87. The van der Waals surface area contributed by atoms with E-state index in [-0.39, 0.29) is 18.4 Å². The van der Waals surface area contributed by atoms with Crippen molar-refractivity contribution in [1.82, 2.24) is 15.1 Å². The number of nitrogens with one attached hydrogen (secondary N) is 1. The predicted octanol–water partition coefficient (Wildman–Crippen LogP) is 1.07. The van der Waals surface area contributed by atoms with Crippen molar-refractivity contribution in [1.29, 1.82) is 0 Å². The lowest BCUT2D eigenvalue weighted by molar-refractivity contribution is -0.143. The molecular weight excluding hydrogens is 234 g/mol. The van der Waals surface area contributed by atoms with Gasteiger partial charge in [0, 0.05) is 12.7 Å². The van der Waals surface area contributed by atoms with Gasteiger partial charge in [-0.1, -0.05) is 13.8 Å². The normalized spacial score (nSPS) is 10.4. The first-order valence-corrected chi connectivity index (χ1v) is 5.98. The van der Waals surface area contributed by atoms with Gasteiger partial charge < -0.3 is 9.64 Å². The van der Waals surface area contributed by atoms with Crippen molar-refractivity contribution in [2.45, 2.75) is 20.8 Å². The fourth-order valence-corrected chi connectivity index (χ4v) is 1.57. The van der Waals surface area contributed by atoms with Crippen LogP contribution in [0.15, 0.2) is 12.4 Å². The summed E-state index contributed by atoms with van der Waals surface area (Å²) in [5.74, 6) is -0.337. The SMILES string of the molecule is CCOC(=O)CN(CC(C)C)C(=O)c1cn[nH]c1. The molecule has 1 aromatic heterocycles. The number of aromatic amines is 1.